The van der Waals surface area contributed by atoms with Crippen LogP contribution in [-0.2, 0) is 27.7 Å². The van der Waals surface area contributed by atoms with Gasteiger partial charge in [-0.1, -0.05) is 200 Å². The SMILES string of the molecule is Cn1c2ccccc2c2c1ccc1c3ccccc3n(-c3cc(C#N)c(-n4c5ccccc5c5ccc6c(c7ccccc7n6Cc6cccc7c6c6ccc8c9ccccc9n(-c9cc(-c%10cccc(C#N)c%10)c(-n%10c%11ccccc%11c%11ccc%12c%13ccccc%13n(C)c%12c%11%10)cc9C#N)c8c6n7C)c54)cc3-c3cccc(C#N)c3)c12. The van der Waals surface area contributed by atoms with Gasteiger partial charge in [0.05, 0.1) is 123 Å². The van der Waals surface area contributed by atoms with E-state index in [0.29, 0.717) is 28.8 Å². The molecule has 12 nitrogen and oxygen atoms in total. The van der Waals surface area contributed by atoms with Gasteiger partial charge in [-0.2, -0.15) is 21.0 Å². The molecule has 0 aliphatic heterocycles. The lowest BCUT2D eigenvalue weighted by Gasteiger charge is -2.19. The molecule has 0 atom stereocenters. The van der Waals surface area contributed by atoms with E-state index in [1.54, 1.807) is 0 Å². The number of aryl methyl sites for hydroxylation is 3. The van der Waals surface area contributed by atoms with Crippen molar-refractivity contribution in [2.45, 2.75) is 6.54 Å². The number of nitrogens with zero attached hydrogens (tertiary/aromatic N) is 12. The fourth-order valence-electron chi connectivity index (χ4n) is 20.4. The summed E-state index contributed by atoms with van der Waals surface area (Å²) in [6.07, 6.45) is 0. The fourth-order valence-corrected chi connectivity index (χ4v) is 20.4. The van der Waals surface area contributed by atoms with Crippen LogP contribution >= 0.6 is 0 Å². The Morgan fingerprint density at radius 1 is 0.233 bits per heavy atom. The van der Waals surface area contributed by atoms with Crippen LogP contribution in [0.3, 0.4) is 0 Å². The van der Waals surface area contributed by atoms with Crippen LogP contribution in [0.2, 0.25) is 0 Å². The lowest BCUT2D eigenvalue weighted by Crippen LogP contribution is -2.05. The van der Waals surface area contributed by atoms with Crippen molar-refractivity contribution in [3.05, 3.63) is 337 Å². The van der Waals surface area contributed by atoms with Crippen molar-refractivity contribution in [3.63, 3.8) is 0 Å². The molecule has 0 aliphatic rings. The van der Waals surface area contributed by atoms with E-state index in [9.17, 15) is 21.0 Å². The second kappa shape index (κ2) is 24.0. The molecule has 0 amide bonds. The predicted octanol–water partition coefficient (Wildman–Crippen LogP) is 25.0. The molecule has 0 radical (unpaired) electrons. The third kappa shape index (κ3) is 8.60. The van der Waals surface area contributed by atoms with Gasteiger partial charge in [-0.25, -0.2) is 0 Å². The van der Waals surface area contributed by atoms with Gasteiger partial charge in [0.25, 0.3) is 0 Å². The Morgan fingerprint density at radius 3 is 1.09 bits per heavy atom. The average molecular weight is 1480 g/mol. The van der Waals surface area contributed by atoms with E-state index in [1.165, 1.54) is 0 Å². The zero-order valence-electron chi connectivity index (χ0n) is 63.0. The van der Waals surface area contributed by atoms with Crippen LogP contribution in [0.4, 0.5) is 0 Å². The summed E-state index contributed by atoms with van der Waals surface area (Å²) < 4.78 is 18.8. The third-order valence-corrected chi connectivity index (χ3v) is 25.3. The van der Waals surface area contributed by atoms with Crippen LogP contribution in [0.1, 0.15) is 27.8 Å². The van der Waals surface area contributed by atoms with Crippen molar-refractivity contribution >= 4 is 174 Å². The van der Waals surface area contributed by atoms with Crippen molar-refractivity contribution in [2.24, 2.45) is 21.1 Å². The van der Waals surface area contributed by atoms with Crippen molar-refractivity contribution in [1.82, 2.24) is 36.5 Å². The number of aromatic nitrogens is 8. The Morgan fingerprint density at radius 2 is 0.578 bits per heavy atom. The van der Waals surface area contributed by atoms with Crippen molar-refractivity contribution < 1.29 is 0 Å². The zero-order chi connectivity index (χ0) is 77.2. The quantitative estimate of drug-likeness (QED) is 0.150. The van der Waals surface area contributed by atoms with Crippen molar-refractivity contribution in [2.75, 3.05) is 0 Å². The van der Waals surface area contributed by atoms with Gasteiger partial charge in [-0.05, 0) is 126 Å². The summed E-state index contributed by atoms with van der Waals surface area (Å²) in [7, 11) is 6.46. The van der Waals surface area contributed by atoms with Gasteiger partial charge in [0, 0.05) is 147 Å². The summed E-state index contributed by atoms with van der Waals surface area (Å²) in [5.41, 5.74) is 26.3. The Balaban J connectivity index is 0.730. The monoisotopic (exact) mass is 1480 g/mol. The lowest BCUT2D eigenvalue weighted by atomic mass is 9.97. The molecular weight excluding hydrogens is 1420 g/mol. The van der Waals surface area contributed by atoms with Gasteiger partial charge in [0.1, 0.15) is 12.1 Å². The number of hydrogen-bond acceptors (Lipinski definition) is 4. The average Bonchev–Trinajstić information content (AvgIpc) is 1.55. The number of rotatable bonds is 8. The smallest absolute Gasteiger partial charge is 0.101 e. The third-order valence-electron chi connectivity index (χ3n) is 25.3. The largest absolute Gasteiger partial charge is 0.344 e. The highest BCUT2D eigenvalue weighted by molar-refractivity contribution is 6.30. The van der Waals surface area contributed by atoms with Gasteiger partial charge in [-0.3, -0.25) is 0 Å². The molecule has 0 spiro atoms. The number of para-hydroxylation sites is 7. The highest BCUT2D eigenvalue weighted by atomic mass is 15.1. The number of hydrogen-bond donors (Lipinski definition) is 0. The molecule has 24 aromatic rings. The Labute approximate surface area is 662 Å². The van der Waals surface area contributed by atoms with Crippen molar-refractivity contribution in [3.8, 4) is 69.3 Å². The first kappa shape index (κ1) is 64.7. The molecule has 0 N–H and O–H groups in total. The molecule has 0 unspecified atom stereocenters. The van der Waals surface area contributed by atoms with Crippen LogP contribution in [0.25, 0.3) is 219 Å². The second-order valence-electron chi connectivity index (χ2n) is 30.8. The van der Waals surface area contributed by atoms with Gasteiger partial charge in [0.2, 0.25) is 0 Å². The number of fused-ring (bicyclic) bond motifs is 28. The van der Waals surface area contributed by atoms with E-state index in [4.69, 9.17) is 0 Å². The van der Waals surface area contributed by atoms with E-state index >= 15 is 0 Å². The maximum Gasteiger partial charge on any atom is 0.101 e. The molecule has 8 heterocycles. The van der Waals surface area contributed by atoms with Crippen molar-refractivity contribution in [1.29, 1.82) is 21.0 Å². The summed E-state index contributed by atoms with van der Waals surface area (Å²) in [5, 5.41) is 62.8. The summed E-state index contributed by atoms with van der Waals surface area (Å²) in [6.45, 7) is 0.506. The molecule has 0 aliphatic carbocycles. The molecule has 16 aromatic carbocycles. The molecule has 116 heavy (non-hydrogen) atoms. The van der Waals surface area contributed by atoms with Gasteiger partial charge < -0.3 is 36.5 Å². The van der Waals surface area contributed by atoms with Gasteiger partial charge >= 0.3 is 0 Å². The van der Waals surface area contributed by atoms with E-state index in [2.05, 4.69) is 355 Å². The molecule has 0 saturated carbocycles. The van der Waals surface area contributed by atoms with Crippen LogP contribution in [0.5, 0.6) is 0 Å². The summed E-state index contributed by atoms with van der Waals surface area (Å²) in [5.74, 6) is 0. The number of benzene rings is 16. The molecule has 0 fully saturated rings. The Bertz CT molecular complexity index is 8800. The second-order valence-corrected chi connectivity index (χ2v) is 30.8. The summed E-state index contributed by atoms with van der Waals surface area (Å²) in [6, 6.07) is 120. The highest BCUT2D eigenvalue weighted by Gasteiger charge is 2.31. The maximum atomic E-state index is 12.1. The summed E-state index contributed by atoms with van der Waals surface area (Å²) >= 11 is 0. The summed E-state index contributed by atoms with van der Waals surface area (Å²) in [4.78, 5) is 0. The lowest BCUT2D eigenvalue weighted by molar-refractivity contribution is 0.876. The topological polar surface area (TPSA) is 135 Å². The molecule has 538 valence electrons. The van der Waals surface area contributed by atoms with Gasteiger partial charge in [-0.15, -0.1) is 0 Å². The molecule has 12 heteroatoms. The first-order valence-electron chi connectivity index (χ1n) is 39.0. The highest BCUT2D eigenvalue weighted by Crippen LogP contribution is 2.50. The molecular formula is C104H62N12. The van der Waals surface area contributed by atoms with Crippen LogP contribution in [0, 0.1) is 45.3 Å². The molecule has 0 saturated heterocycles. The Hall–Kier alpha value is -16.1. The standard InChI is InChI=1S/C104H62N12/c1-109-83-34-12-9-31-77(83)97-90(109)47-45-72-69-28-6-16-38-87(69)115(99(72)97)94-51-65(57-107)92(53-80(94)62-23-18-21-60(49-62)55-105)113-85-36-14-5-27-68(85)73-46-48-91-98(100(73)113)78-32-10-13-35-84(78)112(91)59-64-25-20-40-89-96(64)79-44-43-76-70-29-7-15-37-86(70)114(104(76)102(79)111(89)3)93-54-81(63-24-19-22-61(50-63)56-106)95(52-66(93)58-108)116-88-39-17-8-30-71(88)75-42-41-74-67-26-4-11-33-82(67)110(2)101(74)103(75)116/h4-54H,59H2,1-3H3. The van der Waals surface area contributed by atoms with E-state index in [-0.39, 0.29) is 0 Å². The minimum absolute atomic E-state index is 0.489. The maximum absolute atomic E-state index is 12.1. The van der Waals surface area contributed by atoms with E-state index in [0.717, 1.165) is 225 Å². The minimum Gasteiger partial charge on any atom is -0.344 e. The van der Waals surface area contributed by atoms with Crippen LogP contribution in [-0.4, -0.2) is 36.5 Å². The molecule has 0 bridgehead atoms. The predicted molar refractivity (Wildman–Crippen MR) is 474 cm³/mol. The minimum atomic E-state index is 0.489. The Kier molecular flexibility index (Phi) is 13.4. The van der Waals surface area contributed by atoms with Crippen LogP contribution < -0.4 is 0 Å². The fraction of sp³-hybridized carbons (Fsp3) is 0.0385. The van der Waals surface area contributed by atoms with E-state index < -0.39 is 0 Å². The normalized spacial score (nSPS) is 12.1. The van der Waals surface area contributed by atoms with Crippen LogP contribution in [0.15, 0.2) is 309 Å². The first-order chi connectivity index (χ1) is 57.2. The molecule has 8 aromatic heterocycles. The molecule has 24 rings (SSSR count). The van der Waals surface area contributed by atoms with Gasteiger partial charge in [0.15, 0.2) is 0 Å². The van der Waals surface area contributed by atoms with E-state index in [1.807, 2.05) is 36.4 Å². The zero-order valence-corrected chi connectivity index (χ0v) is 63.0. The number of nitriles is 4. The first-order valence-corrected chi connectivity index (χ1v) is 39.0.